The van der Waals surface area contributed by atoms with Crippen LogP contribution < -0.4 is 5.32 Å². The van der Waals surface area contributed by atoms with Crippen LogP contribution in [0.5, 0.6) is 0 Å². The summed E-state index contributed by atoms with van der Waals surface area (Å²) in [6.07, 6.45) is 1.49. The van der Waals surface area contributed by atoms with Crippen molar-refractivity contribution in [3.8, 4) is 11.3 Å². The Hall–Kier alpha value is -2.44. The smallest absolute Gasteiger partial charge is 0.261 e. The maximum absolute atomic E-state index is 14.2. The first-order chi connectivity index (χ1) is 11.5. The zero-order chi connectivity index (χ0) is 17.3. The number of nitrogens with one attached hydrogen (secondary N) is 1. The van der Waals surface area contributed by atoms with E-state index in [-0.39, 0.29) is 32.8 Å². The SMILES string of the molecule is Cc1onc(-c2c(F)cccc2Cl)c1C(=O)Nc1cccnc1Cl. The molecule has 0 aliphatic heterocycles. The Labute approximate surface area is 146 Å². The zero-order valence-electron chi connectivity index (χ0n) is 12.3. The van der Waals surface area contributed by atoms with Gasteiger partial charge in [-0.25, -0.2) is 9.37 Å². The molecule has 0 saturated heterocycles. The number of carbonyl (C=O) groups excluding carboxylic acids is 1. The molecule has 8 heteroatoms. The fourth-order valence-corrected chi connectivity index (χ4v) is 2.62. The van der Waals surface area contributed by atoms with E-state index in [0.29, 0.717) is 5.69 Å². The third kappa shape index (κ3) is 2.98. The van der Waals surface area contributed by atoms with E-state index in [1.54, 1.807) is 19.1 Å². The van der Waals surface area contributed by atoms with E-state index in [0.717, 1.165) is 0 Å². The minimum atomic E-state index is -0.607. The van der Waals surface area contributed by atoms with Crippen LogP contribution in [0.4, 0.5) is 10.1 Å². The number of rotatable bonds is 3. The molecule has 0 bridgehead atoms. The molecule has 5 nitrogen and oxygen atoms in total. The van der Waals surface area contributed by atoms with Gasteiger partial charge in [-0.05, 0) is 31.2 Å². The highest BCUT2D eigenvalue weighted by atomic mass is 35.5. The van der Waals surface area contributed by atoms with Crippen molar-refractivity contribution in [2.45, 2.75) is 6.92 Å². The van der Waals surface area contributed by atoms with Crippen molar-refractivity contribution in [2.24, 2.45) is 0 Å². The summed E-state index contributed by atoms with van der Waals surface area (Å²) in [5.74, 6) is -0.941. The Morgan fingerprint density at radius 2 is 2.04 bits per heavy atom. The number of benzene rings is 1. The lowest BCUT2D eigenvalue weighted by Gasteiger charge is -2.08. The van der Waals surface area contributed by atoms with Crippen LogP contribution in [0, 0.1) is 12.7 Å². The standard InChI is InChI=1S/C16H10Cl2FN3O2/c1-8-12(16(23)21-11-6-3-7-20-15(11)18)14(22-24-8)13-9(17)4-2-5-10(13)19/h2-7H,1H3,(H,21,23). The van der Waals surface area contributed by atoms with Crippen LogP contribution in [0.15, 0.2) is 41.1 Å². The Kier molecular flexibility index (Phi) is 4.51. The monoisotopic (exact) mass is 365 g/mol. The topological polar surface area (TPSA) is 68.0 Å². The van der Waals surface area contributed by atoms with Crippen molar-refractivity contribution in [1.29, 1.82) is 0 Å². The predicted octanol–water partition coefficient (Wildman–Crippen LogP) is 4.74. The van der Waals surface area contributed by atoms with E-state index in [1.807, 2.05) is 0 Å². The number of halogens is 3. The highest BCUT2D eigenvalue weighted by molar-refractivity contribution is 6.34. The van der Waals surface area contributed by atoms with Gasteiger partial charge in [-0.1, -0.05) is 34.4 Å². The van der Waals surface area contributed by atoms with E-state index in [4.69, 9.17) is 27.7 Å². The molecule has 0 spiro atoms. The molecule has 0 unspecified atom stereocenters. The van der Waals surface area contributed by atoms with Crippen molar-refractivity contribution in [3.63, 3.8) is 0 Å². The molecule has 0 fully saturated rings. The molecular formula is C16H10Cl2FN3O2. The fourth-order valence-electron chi connectivity index (χ4n) is 2.20. The van der Waals surface area contributed by atoms with E-state index in [2.05, 4.69) is 15.5 Å². The Balaban J connectivity index is 2.05. The molecule has 3 aromatic rings. The molecule has 3 rings (SSSR count). The van der Waals surface area contributed by atoms with Crippen LogP contribution in [0.2, 0.25) is 10.2 Å². The van der Waals surface area contributed by atoms with Crippen LogP contribution in [0.25, 0.3) is 11.3 Å². The summed E-state index contributed by atoms with van der Waals surface area (Å²) in [6.45, 7) is 1.55. The third-order valence-corrected chi connectivity index (χ3v) is 3.91. The minimum Gasteiger partial charge on any atom is -0.360 e. The minimum absolute atomic E-state index is 0.00143. The fraction of sp³-hybridized carbons (Fsp3) is 0.0625. The number of amides is 1. The van der Waals surface area contributed by atoms with Crippen LogP contribution >= 0.6 is 23.2 Å². The Bertz CT molecular complexity index is 907. The van der Waals surface area contributed by atoms with Gasteiger partial charge in [-0.3, -0.25) is 4.79 Å². The van der Waals surface area contributed by atoms with Crippen LogP contribution in [0.1, 0.15) is 16.1 Å². The maximum atomic E-state index is 14.2. The maximum Gasteiger partial charge on any atom is 0.261 e. The molecule has 122 valence electrons. The summed E-state index contributed by atoms with van der Waals surface area (Å²) in [5.41, 5.74) is 0.406. The number of pyridine rings is 1. The van der Waals surface area contributed by atoms with Gasteiger partial charge in [-0.2, -0.15) is 0 Å². The van der Waals surface area contributed by atoms with Gasteiger partial charge in [0.05, 0.1) is 16.3 Å². The third-order valence-electron chi connectivity index (χ3n) is 3.30. The summed E-state index contributed by atoms with van der Waals surface area (Å²) in [5, 5.41) is 6.64. The van der Waals surface area contributed by atoms with E-state index < -0.39 is 11.7 Å². The molecule has 1 amide bonds. The summed E-state index contributed by atoms with van der Waals surface area (Å²) < 4.78 is 19.2. The predicted molar refractivity (Wildman–Crippen MR) is 88.8 cm³/mol. The van der Waals surface area contributed by atoms with Gasteiger partial charge in [0.25, 0.3) is 5.91 Å². The molecule has 0 atom stereocenters. The number of aromatic nitrogens is 2. The first kappa shape index (κ1) is 16.4. The molecule has 24 heavy (non-hydrogen) atoms. The van der Waals surface area contributed by atoms with Gasteiger partial charge in [-0.15, -0.1) is 0 Å². The molecule has 1 N–H and O–H groups in total. The number of carbonyl (C=O) groups is 1. The highest BCUT2D eigenvalue weighted by Gasteiger charge is 2.25. The lowest BCUT2D eigenvalue weighted by molar-refractivity contribution is 0.102. The van der Waals surface area contributed by atoms with Gasteiger partial charge in [0.15, 0.2) is 5.15 Å². The number of anilines is 1. The van der Waals surface area contributed by atoms with Crippen molar-refractivity contribution in [3.05, 3.63) is 63.8 Å². The van der Waals surface area contributed by atoms with Crippen molar-refractivity contribution in [1.82, 2.24) is 10.1 Å². The quantitative estimate of drug-likeness (QED) is 0.680. The van der Waals surface area contributed by atoms with E-state index in [1.165, 1.54) is 24.4 Å². The van der Waals surface area contributed by atoms with Crippen molar-refractivity contribution >= 4 is 34.8 Å². The van der Waals surface area contributed by atoms with Crippen molar-refractivity contribution < 1.29 is 13.7 Å². The average molecular weight is 366 g/mol. The molecule has 0 radical (unpaired) electrons. The molecule has 0 saturated carbocycles. The number of nitrogens with zero attached hydrogens (tertiary/aromatic N) is 2. The van der Waals surface area contributed by atoms with E-state index in [9.17, 15) is 9.18 Å². The van der Waals surface area contributed by atoms with Crippen LogP contribution in [-0.2, 0) is 0 Å². The van der Waals surface area contributed by atoms with Gasteiger partial charge < -0.3 is 9.84 Å². The first-order valence-electron chi connectivity index (χ1n) is 6.81. The molecule has 1 aromatic carbocycles. The van der Waals surface area contributed by atoms with Gasteiger partial charge >= 0.3 is 0 Å². The number of hydrogen-bond donors (Lipinski definition) is 1. The highest BCUT2D eigenvalue weighted by Crippen LogP contribution is 2.34. The summed E-state index contributed by atoms with van der Waals surface area (Å²) >= 11 is 12.0. The van der Waals surface area contributed by atoms with Crippen molar-refractivity contribution in [2.75, 3.05) is 5.32 Å². The number of aryl methyl sites for hydroxylation is 1. The average Bonchev–Trinajstić information content (AvgIpc) is 2.91. The normalized spacial score (nSPS) is 10.7. The largest absolute Gasteiger partial charge is 0.360 e. The van der Waals surface area contributed by atoms with Gasteiger partial charge in [0.2, 0.25) is 0 Å². The van der Waals surface area contributed by atoms with Crippen LogP contribution in [-0.4, -0.2) is 16.0 Å². The summed E-state index contributed by atoms with van der Waals surface area (Å²) in [7, 11) is 0. The summed E-state index contributed by atoms with van der Waals surface area (Å²) in [4.78, 5) is 16.5. The molecule has 2 aromatic heterocycles. The molecule has 0 aliphatic carbocycles. The van der Waals surface area contributed by atoms with Crippen LogP contribution in [0.3, 0.4) is 0 Å². The first-order valence-corrected chi connectivity index (χ1v) is 7.57. The molecule has 2 heterocycles. The Morgan fingerprint density at radius 3 is 2.75 bits per heavy atom. The van der Waals surface area contributed by atoms with Gasteiger partial charge in [0, 0.05) is 6.20 Å². The molecule has 0 aliphatic rings. The lowest BCUT2D eigenvalue weighted by Crippen LogP contribution is -2.14. The lowest BCUT2D eigenvalue weighted by atomic mass is 10.0. The van der Waals surface area contributed by atoms with E-state index >= 15 is 0 Å². The second-order valence-electron chi connectivity index (χ2n) is 4.85. The number of hydrogen-bond acceptors (Lipinski definition) is 4. The molecular weight excluding hydrogens is 356 g/mol. The second-order valence-corrected chi connectivity index (χ2v) is 5.62. The Morgan fingerprint density at radius 1 is 1.25 bits per heavy atom. The zero-order valence-corrected chi connectivity index (χ0v) is 13.8. The second kappa shape index (κ2) is 6.59. The van der Waals surface area contributed by atoms with Gasteiger partial charge in [0.1, 0.15) is 22.8 Å². The summed E-state index contributed by atoms with van der Waals surface area (Å²) in [6, 6.07) is 7.40.